The second-order valence-corrected chi connectivity index (χ2v) is 13.6. The number of carbonyl (C=O) groups is 2. The molecule has 0 bridgehead atoms. The van der Waals surface area contributed by atoms with Gasteiger partial charge in [-0.05, 0) is 111 Å². The Morgan fingerprint density at radius 1 is 0.917 bits per heavy atom. The van der Waals surface area contributed by atoms with Crippen LogP contribution >= 0.6 is 0 Å². The molecule has 36 heavy (non-hydrogen) atoms. The Morgan fingerprint density at radius 3 is 2.33 bits per heavy atom. The summed E-state index contributed by atoms with van der Waals surface area (Å²) >= 11 is 0. The van der Waals surface area contributed by atoms with Crippen LogP contribution in [0.15, 0.2) is 0 Å². The number of carbonyl (C=O) groups excluding carboxylic acids is 1. The lowest BCUT2D eigenvalue weighted by atomic mass is 9.43. The zero-order valence-corrected chi connectivity index (χ0v) is 22.3. The van der Waals surface area contributed by atoms with E-state index in [0.717, 1.165) is 51.4 Å². The molecule has 1 amide bonds. The van der Waals surface area contributed by atoms with Crippen molar-refractivity contribution in [2.24, 2.45) is 46.3 Å². The Morgan fingerprint density at radius 2 is 1.61 bits per heavy atom. The predicted molar refractivity (Wildman–Crippen MR) is 135 cm³/mol. The minimum Gasteiger partial charge on any atom is -0.480 e. The molecule has 7 nitrogen and oxygen atoms in total. The molecular formula is C29H47NO6. The molecule has 5 aliphatic rings. The first-order valence-corrected chi connectivity index (χ1v) is 14.6. The van der Waals surface area contributed by atoms with Gasteiger partial charge in [-0.3, -0.25) is 4.79 Å². The van der Waals surface area contributed by atoms with Crippen LogP contribution in [0.5, 0.6) is 0 Å². The van der Waals surface area contributed by atoms with E-state index in [0.29, 0.717) is 49.5 Å². The third-order valence-electron chi connectivity index (χ3n) is 12.2. The number of carboxylic acids is 1. The monoisotopic (exact) mass is 505 g/mol. The van der Waals surface area contributed by atoms with Crippen molar-refractivity contribution in [2.45, 2.75) is 116 Å². The van der Waals surface area contributed by atoms with Gasteiger partial charge < -0.3 is 25.3 Å². The summed E-state index contributed by atoms with van der Waals surface area (Å²) in [6.07, 6.45) is 7.21. The van der Waals surface area contributed by atoms with Crippen LogP contribution < -0.4 is 0 Å². The van der Waals surface area contributed by atoms with E-state index in [1.165, 1.54) is 0 Å². The van der Waals surface area contributed by atoms with E-state index in [-0.39, 0.29) is 34.7 Å². The molecule has 7 heteroatoms. The number of amides is 1. The van der Waals surface area contributed by atoms with Gasteiger partial charge >= 0.3 is 5.97 Å². The minimum atomic E-state index is -0.895. The first-order chi connectivity index (χ1) is 17.0. The lowest BCUT2D eigenvalue weighted by molar-refractivity contribution is -0.223. The van der Waals surface area contributed by atoms with Crippen molar-refractivity contribution < 1.29 is 30.0 Å². The molecule has 1 aliphatic heterocycles. The van der Waals surface area contributed by atoms with Crippen molar-refractivity contribution in [2.75, 3.05) is 6.54 Å². The van der Waals surface area contributed by atoms with Crippen LogP contribution in [0.3, 0.4) is 0 Å². The first-order valence-electron chi connectivity index (χ1n) is 14.6. The maximum Gasteiger partial charge on any atom is 0.326 e. The maximum atomic E-state index is 12.9. The van der Waals surface area contributed by atoms with Crippen molar-refractivity contribution in [3.05, 3.63) is 0 Å². The molecule has 12 atom stereocenters. The molecule has 4 saturated carbocycles. The van der Waals surface area contributed by atoms with Crippen LogP contribution in [0.4, 0.5) is 0 Å². The molecule has 0 aromatic carbocycles. The van der Waals surface area contributed by atoms with Gasteiger partial charge in [-0.1, -0.05) is 20.8 Å². The lowest BCUT2D eigenvalue weighted by Crippen LogP contribution is -2.64. The van der Waals surface area contributed by atoms with E-state index in [1.807, 2.05) is 0 Å². The minimum absolute atomic E-state index is 0.0283. The van der Waals surface area contributed by atoms with Crippen LogP contribution in [0.2, 0.25) is 0 Å². The summed E-state index contributed by atoms with van der Waals surface area (Å²) in [5.74, 6) is 0.694. The number of rotatable bonds is 5. The summed E-state index contributed by atoms with van der Waals surface area (Å²) in [7, 11) is 0. The summed E-state index contributed by atoms with van der Waals surface area (Å²) < 4.78 is 0. The van der Waals surface area contributed by atoms with E-state index in [2.05, 4.69) is 20.8 Å². The van der Waals surface area contributed by atoms with Crippen molar-refractivity contribution in [1.29, 1.82) is 0 Å². The highest BCUT2D eigenvalue weighted by atomic mass is 16.4. The van der Waals surface area contributed by atoms with Gasteiger partial charge in [0, 0.05) is 13.0 Å². The van der Waals surface area contributed by atoms with Crippen molar-refractivity contribution in [3.8, 4) is 0 Å². The normalized spacial score (nSPS) is 49.2. The van der Waals surface area contributed by atoms with Gasteiger partial charge in [0.2, 0.25) is 5.91 Å². The molecule has 0 aromatic rings. The van der Waals surface area contributed by atoms with Crippen molar-refractivity contribution in [1.82, 2.24) is 4.90 Å². The van der Waals surface area contributed by atoms with Crippen molar-refractivity contribution in [3.63, 3.8) is 0 Å². The number of hydrogen-bond acceptors (Lipinski definition) is 5. The van der Waals surface area contributed by atoms with E-state index >= 15 is 0 Å². The van der Waals surface area contributed by atoms with E-state index in [1.54, 1.807) is 4.90 Å². The third-order valence-corrected chi connectivity index (χ3v) is 12.2. The lowest BCUT2D eigenvalue weighted by Gasteiger charge is -2.63. The maximum absolute atomic E-state index is 12.9. The summed E-state index contributed by atoms with van der Waals surface area (Å²) in [4.78, 5) is 26.0. The molecule has 4 N–H and O–H groups in total. The molecule has 4 aliphatic carbocycles. The molecule has 1 saturated heterocycles. The third kappa shape index (κ3) is 4.03. The smallest absolute Gasteiger partial charge is 0.326 e. The topological polar surface area (TPSA) is 118 Å². The van der Waals surface area contributed by atoms with Crippen LogP contribution in [0.25, 0.3) is 0 Å². The van der Waals surface area contributed by atoms with Gasteiger partial charge in [-0.2, -0.15) is 0 Å². The van der Waals surface area contributed by atoms with Gasteiger partial charge in [0.05, 0.1) is 18.3 Å². The van der Waals surface area contributed by atoms with Crippen LogP contribution in [0.1, 0.15) is 91.4 Å². The van der Waals surface area contributed by atoms with Crippen LogP contribution in [-0.2, 0) is 9.59 Å². The molecule has 0 radical (unpaired) electrons. The molecule has 5 unspecified atom stereocenters. The Labute approximate surface area is 215 Å². The number of fused-ring (bicyclic) bond motifs is 5. The molecule has 5 rings (SSSR count). The number of aliphatic carboxylic acids is 1. The fourth-order valence-electron chi connectivity index (χ4n) is 10.2. The Hall–Kier alpha value is -1.18. The zero-order valence-electron chi connectivity index (χ0n) is 22.3. The summed E-state index contributed by atoms with van der Waals surface area (Å²) in [5.41, 5.74) is 0.0509. The van der Waals surface area contributed by atoms with E-state index in [9.17, 15) is 30.0 Å². The number of aliphatic hydroxyl groups excluding tert-OH is 3. The van der Waals surface area contributed by atoms with Gasteiger partial charge in [-0.15, -0.1) is 0 Å². The molecular weight excluding hydrogens is 458 g/mol. The standard InChI is InChI=1S/C29H47NO6/c1-16(6-9-23(32)30-14-4-5-22(30)27(35)36)18-7-8-19-24-20(11-13-28(18,19)2)29(3)12-10-17(31)15-21(29)25(33)26(24)34/h16-22,24-26,31,33-34H,4-15H2,1-3H3,(H,35,36)/t16?,17-,18-,19?,20?,21-,22-,24?,25-,26?,28-,29-/m1/s1. The van der Waals surface area contributed by atoms with E-state index in [4.69, 9.17) is 0 Å². The second kappa shape index (κ2) is 9.53. The Balaban J connectivity index is 1.28. The van der Waals surface area contributed by atoms with E-state index < -0.39 is 24.2 Å². The predicted octanol–water partition coefficient (Wildman–Crippen LogP) is 3.44. The van der Waals surface area contributed by atoms with Crippen LogP contribution in [0, 0.1) is 46.3 Å². The number of hydrogen-bond donors (Lipinski definition) is 4. The Bertz CT molecular complexity index is 865. The highest BCUT2D eigenvalue weighted by molar-refractivity contribution is 5.84. The number of nitrogens with zero attached hydrogens (tertiary/aromatic N) is 1. The average molecular weight is 506 g/mol. The molecule has 0 spiro atoms. The Kier molecular flexibility index (Phi) is 7.00. The van der Waals surface area contributed by atoms with Crippen molar-refractivity contribution >= 4 is 11.9 Å². The van der Waals surface area contributed by atoms with Gasteiger partial charge in [0.15, 0.2) is 0 Å². The average Bonchev–Trinajstić information content (AvgIpc) is 3.46. The van der Waals surface area contributed by atoms with Crippen LogP contribution in [-0.4, -0.2) is 68.1 Å². The van der Waals surface area contributed by atoms with Gasteiger partial charge in [0.1, 0.15) is 6.04 Å². The quantitative estimate of drug-likeness (QED) is 0.455. The number of carboxylic acid groups (broad SMARTS) is 1. The largest absolute Gasteiger partial charge is 0.480 e. The van der Waals surface area contributed by atoms with Gasteiger partial charge in [0.25, 0.3) is 0 Å². The SMILES string of the molecule is CC(CCC(=O)N1CCC[C@@H]1C(=O)O)[C@H]1CCC2C3C(O)[C@H](O)[C@H]4C[C@H](O)CC[C@]4(C)C3CC[C@@]21C. The highest BCUT2D eigenvalue weighted by Gasteiger charge is 2.65. The zero-order chi connectivity index (χ0) is 26.0. The fourth-order valence-corrected chi connectivity index (χ4v) is 10.2. The summed E-state index contributed by atoms with van der Waals surface area (Å²) in [6, 6.07) is -0.665. The summed E-state index contributed by atoms with van der Waals surface area (Å²) in [6.45, 7) is 7.50. The molecule has 204 valence electrons. The molecule has 0 aromatic heterocycles. The highest BCUT2D eigenvalue weighted by Crippen LogP contribution is 2.68. The summed E-state index contributed by atoms with van der Waals surface area (Å²) in [5, 5.41) is 42.4. The molecule has 5 fully saturated rings. The number of aliphatic hydroxyl groups is 3. The number of likely N-dealkylation sites (tertiary alicyclic amines) is 1. The fraction of sp³-hybridized carbons (Fsp3) is 0.931. The second-order valence-electron chi connectivity index (χ2n) is 13.6. The first kappa shape index (κ1) is 26.4. The molecule has 1 heterocycles. The van der Waals surface area contributed by atoms with Gasteiger partial charge in [-0.25, -0.2) is 4.79 Å².